The highest BCUT2D eigenvalue weighted by atomic mass is 35.5. The fraction of sp³-hybridized carbons (Fsp3) is 0.588. The molecule has 1 aliphatic carbocycles. The number of hydrogen-bond acceptors (Lipinski definition) is 3. The Morgan fingerprint density at radius 3 is 2.65 bits per heavy atom. The molecular formula is C17H26ClFN2O2. The third kappa shape index (κ3) is 5.16. The molecule has 0 aromatic heterocycles. The summed E-state index contributed by atoms with van der Waals surface area (Å²) in [5.41, 5.74) is 6.65. The maximum absolute atomic E-state index is 13.0. The van der Waals surface area contributed by atoms with Crippen molar-refractivity contribution in [3.8, 4) is 0 Å². The van der Waals surface area contributed by atoms with Gasteiger partial charge < -0.3 is 15.8 Å². The number of amides is 1. The molecular weight excluding hydrogens is 319 g/mol. The van der Waals surface area contributed by atoms with E-state index in [9.17, 15) is 9.18 Å². The third-order valence-corrected chi connectivity index (χ3v) is 4.56. The molecule has 3 N–H and O–H groups in total. The smallest absolute Gasteiger partial charge is 0.225 e. The SMILES string of the molecule is COC(CNC(=O)C1CCCCC1(C)N)c1ccc(F)cc1.Cl. The summed E-state index contributed by atoms with van der Waals surface area (Å²) in [6.07, 6.45) is 3.52. The van der Waals surface area contributed by atoms with E-state index in [1.54, 1.807) is 19.2 Å². The summed E-state index contributed by atoms with van der Waals surface area (Å²) < 4.78 is 18.4. The second-order valence-corrected chi connectivity index (χ2v) is 6.33. The summed E-state index contributed by atoms with van der Waals surface area (Å²) in [5.74, 6) is -0.468. The van der Waals surface area contributed by atoms with E-state index in [1.165, 1.54) is 12.1 Å². The first-order chi connectivity index (χ1) is 10.4. The van der Waals surface area contributed by atoms with Crippen molar-refractivity contribution in [2.45, 2.75) is 44.2 Å². The summed E-state index contributed by atoms with van der Waals surface area (Å²) in [6, 6.07) is 6.12. The van der Waals surface area contributed by atoms with Gasteiger partial charge in [0.05, 0.1) is 12.0 Å². The second-order valence-electron chi connectivity index (χ2n) is 6.33. The lowest BCUT2D eigenvalue weighted by atomic mass is 9.74. The Hall–Kier alpha value is -1.17. The number of hydrogen-bond donors (Lipinski definition) is 2. The van der Waals surface area contributed by atoms with Crippen molar-refractivity contribution < 1.29 is 13.9 Å². The quantitative estimate of drug-likeness (QED) is 0.863. The van der Waals surface area contributed by atoms with E-state index < -0.39 is 5.54 Å². The van der Waals surface area contributed by atoms with E-state index in [4.69, 9.17) is 10.5 Å². The van der Waals surface area contributed by atoms with Crippen molar-refractivity contribution in [1.82, 2.24) is 5.32 Å². The highest BCUT2D eigenvalue weighted by Gasteiger charge is 2.37. The van der Waals surface area contributed by atoms with Gasteiger partial charge in [-0.15, -0.1) is 12.4 Å². The second kappa shape index (κ2) is 8.62. The number of carbonyl (C=O) groups is 1. The molecule has 0 bridgehead atoms. The monoisotopic (exact) mass is 344 g/mol. The van der Waals surface area contributed by atoms with Crippen molar-refractivity contribution in [3.63, 3.8) is 0 Å². The first-order valence-corrected chi connectivity index (χ1v) is 7.79. The maximum atomic E-state index is 13.0. The van der Waals surface area contributed by atoms with E-state index in [2.05, 4.69) is 5.32 Å². The molecule has 4 nitrogen and oxygen atoms in total. The van der Waals surface area contributed by atoms with Gasteiger partial charge in [0.1, 0.15) is 5.82 Å². The van der Waals surface area contributed by atoms with E-state index in [0.717, 1.165) is 31.2 Å². The third-order valence-electron chi connectivity index (χ3n) is 4.56. The summed E-state index contributed by atoms with van der Waals surface area (Å²) in [5, 5.41) is 2.93. The molecule has 1 aromatic rings. The lowest BCUT2D eigenvalue weighted by Gasteiger charge is -2.37. The van der Waals surface area contributed by atoms with Crippen LogP contribution in [-0.4, -0.2) is 25.1 Å². The van der Waals surface area contributed by atoms with Crippen LogP contribution in [-0.2, 0) is 9.53 Å². The zero-order valence-electron chi connectivity index (χ0n) is 13.7. The van der Waals surface area contributed by atoms with Crippen molar-refractivity contribution in [3.05, 3.63) is 35.6 Å². The Morgan fingerprint density at radius 1 is 1.43 bits per heavy atom. The molecule has 1 aromatic carbocycles. The Kier molecular flexibility index (Phi) is 7.45. The average Bonchev–Trinajstić information content (AvgIpc) is 2.49. The van der Waals surface area contributed by atoms with Gasteiger partial charge in [-0.1, -0.05) is 25.0 Å². The molecule has 23 heavy (non-hydrogen) atoms. The van der Waals surface area contributed by atoms with Gasteiger partial charge in [0, 0.05) is 19.2 Å². The molecule has 1 amide bonds. The molecule has 6 heteroatoms. The fourth-order valence-corrected chi connectivity index (χ4v) is 3.12. The number of nitrogens with one attached hydrogen (secondary N) is 1. The number of halogens is 2. The predicted molar refractivity (Wildman–Crippen MR) is 91.0 cm³/mol. The fourth-order valence-electron chi connectivity index (χ4n) is 3.12. The molecule has 3 unspecified atom stereocenters. The standard InChI is InChI=1S/C17H25FN2O2.ClH/c1-17(19)10-4-3-5-14(17)16(21)20-11-15(22-2)12-6-8-13(18)9-7-12;/h6-9,14-15H,3-5,10-11,19H2,1-2H3,(H,20,21);1H. The summed E-state index contributed by atoms with van der Waals surface area (Å²) >= 11 is 0. The normalized spacial score (nSPS) is 25.3. The summed E-state index contributed by atoms with van der Waals surface area (Å²) in [6.45, 7) is 2.30. The number of ether oxygens (including phenoxy) is 1. The Labute approximate surface area is 143 Å². The highest BCUT2D eigenvalue weighted by molar-refractivity contribution is 5.85. The Morgan fingerprint density at radius 2 is 2.09 bits per heavy atom. The zero-order chi connectivity index (χ0) is 16.2. The number of methoxy groups -OCH3 is 1. The van der Waals surface area contributed by atoms with Gasteiger partial charge in [-0.25, -0.2) is 4.39 Å². The first kappa shape index (κ1) is 19.9. The minimum Gasteiger partial charge on any atom is -0.375 e. The van der Waals surface area contributed by atoms with E-state index in [1.807, 2.05) is 6.92 Å². The minimum atomic E-state index is -0.444. The Balaban J connectivity index is 0.00000264. The minimum absolute atomic E-state index is 0. The predicted octanol–water partition coefficient (Wildman–Crippen LogP) is 2.96. The lowest BCUT2D eigenvalue weighted by molar-refractivity contribution is -0.128. The molecule has 0 aliphatic heterocycles. The number of carbonyl (C=O) groups excluding carboxylic acids is 1. The molecule has 0 heterocycles. The largest absolute Gasteiger partial charge is 0.375 e. The van der Waals surface area contributed by atoms with Crippen LogP contribution in [0.3, 0.4) is 0 Å². The number of rotatable bonds is 5. The van der Waals surface area contributed by atoms with Crippen LogP contribution >= 0.6 is 12.4 Å². The van der Waals surface area contributed by atoms with Gasteiger partial charge in [-0.3, -0.25) is 4.79 Å². The van der Waals surface area contributed by atoms with Gasteiger partial charge in [-0.2, -0.15) is 0 Å². The molecule has 0 radical (unpaired) electrons. The zero-order valence-corrected chi connectivity index (χ0v) is 14.5. The van der Waals surface area contributed by atoms with Gasteiger partial charge in [0.15, 0.2) is 0 Å². The van der Waals surface area contributed by atoms with E-state index >= 15 is 0 Å². The van der Waals surface area contributed by atoms with Crippen molar-refractivity contribution in [2.24, 2.45) is 11.7 Å². The first-order valence-electron chi connectivity index (χ1n) is 7.79. The highest BCUT2D eigenvalue weighted by Crippen LogP contribution is 2.31. The summed E-state index contributed by atoms with van der Waals surface area (Å²) in [7, 11) is 1.58. The van der Waals surface area contributed by atoms with Gasteiger partial charge in [-0.05, 0) is 37.5 Å². The van der Waals surface area contributed by atoms with Crippen LogP contribution in [0.4, 0.5) is 4.39 Å². The molecule has 3 atom stereocenters. The van der Waals surface area contributed by atoms with Crippen molar-refractivity contribution >= 4 is 18.3 Å². The molecule has 1 saturated carbocycles. The van der Waals surface area contributed by atoms with Crippen molar-refractivity contribution in [1.29, 1.82) is 0 Å². The Bertz CT molecular complexity index is 508. The summed E-state index contributed by atoms with van der Waals surface area (Å²) in [4.78, 5) is 12.4. The van der Waals surface area contributed by atoms with Crippen LogP contribution in [0, 0.1) is 11.7 Å². The maximum Gasteiger partial charge on any atom is 0.225 e. The van der Waals surface area contributed by atoms with Crippen LogP contribution in [0.5, 0.6) is 0 Å². The molecule has 0 saturated heterocycles. The molecule has 1 aliphatic rings. The van der Waals surface area contributed by atoms with Crippen LogP contribution in [0.1, 0.15) is 44.3 Å². The van der Waals surface area contributed by atoms with Gasteiger partial charge >= 0.3 is 0 Å². The topological polar surface area (TPSA) is 64.3 Å². The van der Waals surface area contributed by atoms with Crippen LogP contribution in [0.25, 0.3) is 0 Å². The van der Waals surface area contributed by atoms with E-state index in [0.29, 0.717) is 6.54 Å². The van der Waals surface area contributed by atoms with Gasteiger partial charge in [0.25, 0.3) is 0 Å². The van der Waals surface area contributed by atoms with Gasteiger partial charge in [0.2, 0.25) is 5.91 Å². The molecule has 1 fully saturated rings. The molecule has 130 valence electrons. The van der Waals surface area contributed by atoms with Crippen LogP contribution in [0.15, 0.2) is 24.3 Å². The number of nitrogens with two attached hydrogens (primary N) is 1. The van der Waals surface area contributed by atoms with Crippen LogP contribution < -0.4 is 11.1 Å². The van der Waals surface area contributed by atoms with E-state index in [-0.39, 0.29) is 36.2 Å². The number of benzene rings is 1. The van der Waals surface area contributed by atoms with Crippen molar-refractivity contribution in [2.75, 3.05) is 13.7 Å². The lowest BCUT2D eigenvalue weighted by Crippen LogP contribution is -2.53. The molecule has 2 rings (SSSR count). The average molecular weight is 345 g/mol. The van der Waals surface area contributed by atoms with Crippen LogP contribution in [0.2, 0.25) is 0 Å². The molecule has 0 spiro atoms.